The van der Waals surface area contributed by atoms with E-state index in [1.165, 1.54) is 14.2 Å². The normalized spacial score (nSPS) is 11.6. The minimum atomic E-state index is -0.750. The fraction of sp³-hybridized carbons (Fsp3) is 0.833. The van der Waals surface area contributed by atoms with E-state index >= 15 is 0 Å². The number of nitrogens with two attached hydrogens (primary N) is 2. The average Bonchev–Trinajstić information content (AvgIpc) is 2.57. The average molecular weight is 391 g/mol. The molecule has 0 amide bonds. The van der Waals surface area contributed by atoms with Crippen LogP contribution in [0.25, 0.3) is 0 Å². The topological polar surface area (TPSA) is 139 Å². The van der Waals surface area contributed by atoms with Crippen LogP contribution >= 0.6 is 23.5 Å². The number of methoxy groups -OCH3 is 2. The van der Waals surface area contributed by atoms with Crippen LogP contribution in [0.1, 0.15) is 12.8 Å². The zero-order chi connectivity index (χ0) is 18.7. The standard InChI is InChI=1S/2C6H13NO2S.O2S/c2*1-9-6(8)5(7)3-4-10-2;1-3-2/h2*5H,3-4,7H2,1-2H3;/t2*5-;/m00./s1. The number of hydrogen-bond acceptors (Lipinski definition) is 10. The molecule has 0 heterocycles. The number of carbonyl (C=O) groups is 2. The van der Waals surface area contributed by atoms with E-state index in [9.17, 15) is 9.59 Å². The Balaban J connectivity index is -0.000000297. The van der Waals surface area contributed by atoms with E-state index in [2.05, 4.69) is 9.47 Å². The van der Waals surface area contributed by atoms with E-state index in [4.69, 9.17) is 19.9 Å². The lowest BCUT2D eigenvalue weighted by Gasteiger charge is -2.06. The van der Waals surface area contributed by atoms with Crippen LogP contribution in [0.5, 0.6) is 0 Å². The molecule has 4 N–H and O–H groups in total. The summed E-state index contributed by atoms with van der Waals surface area (Å²) in [5.74, 6) is 1.15. The molecule has 0 radical (unpaired) electrons. The molecule has 138 valence electrons. The fourth-order valence-corrected chi connectivity index (χ4v) is 2.01. The van der Waals surface area contributed by atoms with Crippen LogP contribution in [0, 0.1) is 0 Å². The smallest absolute Gasteiger partial charge is 0.335 e. The summed E-state index contributed by atoms with van der Waals surface area (Å²) in [4.78, 5) is 21.3. The summed E-state index contributed by atoms with van der Waals surface area (Å²) in [6.07, 6.45) is 5.33. The molecule has 0 aliphatic heterocycles. The highest BCUT2D eigenvalue weighted by Gasteiger charge is 2.12. The summed E-state index contributed by atoms with van der Waals surface area (Å²) < 4.78 is 25.5. The van der Waals surface area contributed by atoms with E-state index < -0.39 is 23.7 Å². The quantitative estimate of drug-likeness (QED) is 0.536. The molecule has 8 nitrogen and oxygen atoms in total. The molecule has 0 saturated carbocycles. The Morgan fingerprint density at radius 3 is 1.30 bits per heavy atom. The van der Waals surface area contributed by atoms with Gasteiger partial charge in [0.05, 0.1) is 14.2 Å². The van der Waals surface area contributed by atoms with Crippen LogP contribution in [0.3, 0.4) is 0 Å². The number of ether oxygens (including phenoxy) is 2. The van der Waals surface area contributed by atoms with Gasteiger partial charge in [-0.25, -0.2) is 0 Å². The van der Waals surface area contributed by atoms with Crippen molar-refractivity contribution in [3.05, 3.63) is 0 Å². The molecule has 0 aliphatic carbocycles. The van der Waals surface area contributed by atoms with Gasteiger partial charge >= 0.3 is 23.5 Å². The second kappa shape index (κ2) is 21.4. The van der Waals surface area contributed by atoms with Gasteiger partial charge in [0.1, 0.15) is 12.1 Å². The van der Waals surface area contributed by atoms with Crippen molar-refractivity contribution in [3.8, 4) is 0 Å². The lowest BCUT2D eigenvalue weighted by molar-refractivity contribution is -0.143. The first-order valence-corrected chi connectivity index (χ1v) is 9.88. The van der Waals surface area contributed by atoms with Crippen LogP contribution in [0.15, 0.2) is 0 Å². The van der Waals surface area contributed by atoms with Crippen LogP contribution in [0.4, 0.5) is 0 Å². The zero-order valence-electron chi connectivity index (χ0n) is 13.8. The molecule has 0 rings (SSSR count). The highest BCUT2D eigenvalue weighted by Crippen LogP contribution is 1.99. The van der Waals surface area contributed by atoms with Crippen molar-refractivity contribution in [2.75, 3.05) is 38.2 Å². The predicted molar refractivity (Wildman–Crippen MR) is 94.9 cm³/mol. The maximum Gasteiger partial charge on any atom is 0.335 e. The Labute approximate surface area is 149 Å². The Hall–Kier alpha value is -0.620. The Bertz CT molecular complexity index is 315. The van der Waals surface area contributed by atoms with Gasteiger partial charge in [-0.05, 0) is 36.9 Å². The van der Waals surface area contributed by atoms with Gasteiger partial charge in [0.15, 0.2) is 0 Å². The summed E-state index contributed by atoms with van der Waals surface area (Å²) in [5, 5.41) is 0. The van der Waals surface area contributed by atoms with E-state index in [-0.39, 0.29) is 11.9 Å². The third kappa shape index (κ3) is 21.4. The third-order valence-corrected chi connectivity index (χ3v) is 3.56. The Morgan fingerprint density at radius 2 is 1.13 bits per heavy atom. The van der Waals surface area contributed by atoms with Crippen LogP contribution < -0.4 is 11.5 Å². The zero-order valence-corrected chi connectivity index (χ0v) is 16.3. The largest absolute Gasteiger partial charge is 0.468 e. The maximum atomic E-state index is 10.7. The van der Waals surface area contributed by atoms with E-state index in [1.54, 1.807) is 23.5 Å². The molecule has 0 aromatic carbocycles. The van der Waals surface area contributed by atoms with Crippen molar-refractivity contribution in [1.29, 1.82) is 0 Å². The summed E-state index contributed by atoms with van der Waals surface area (Å²) >= 11 is 2.59. The van der Waals surface area contributed by atoms with Crippen LogP contribution in [0.2, 0.25) is 0 Å². The lowest BCUT2D eigenvalue weighted by Crippen LogP contribution is -2.31. The molecule has 0 bridgehead atoms. The maximum absolute atomic E-state index is 10.7. The van der Waals surface area contributed by atoms with Crippen molar-refractivity contribution in [1.82, 2.24) is 0 Å². The van der Waals surface area contributed by atoms with Gasteiger partial charge in [-0.15, -0.1) is 0 Å². The van der Waals surface area contributed by atoms with Crippen molar-refractivity contribution >= 4 is 47.0 Å². The van der Waals surface area contributed by atoms with Gasteiger partial charge in [-0.3, -0.25) is 9.59 Å². The first kappa shape index (κ1) is 27.2. The molecule has 0 aromatic heterocycles. The second-order valence-electron chi connectivity index (χ2n) is 3.89. The molecule has 23 heavy (non-hydrogen) atoms. The molecule has 0 fully saturated rings. The highest BCUT2D eigenvalue weighted by molar-refractivity contribution is 7.98. The monoisotopic (exact) mass is 390 g/mol. The molecule has 11 heteroatoms. The summed E-state index contributed by atoms with van der Waals surface area (Å²) in [5.41, 5.74) is 10.9. The van der Waals surface area contributed by atoms with Gasteiger partial charge in [0, 0.05) is 0 Å². The minimum Gasteiger partial charge on any atom is -0.468 e. The predicted octanol–water partition coefficient (Wildman–Crippen LogP) is -0.191. The van der Waals surface area contributed by atoms with Gasteiger partial charge in [-0.2, -0.15) is 31.9 Å². The van der Waals surface area contributed by atoms with Gasteiger partial charge < -0.3 is 20.9 Å². The molecule has 0 unspecified atom stereocenters. The molecule has 0 saturated heterocycles. The molecule has 0 spiro atoms. The molecule has 0 aromatic rings. The summed E-state index contributed by atoms with van der Waals surface area (Å²) in [6.45, 7) is 0. The molecule has 0 aliphatic rings. The van der Waals surface area contributed by atoms with E-state index in [0.29, 0.717) is 12.8 Å². The number of esters is 2. The van der Waals surface area contributed by atoms with Crippen molar-refractivity contribution in [2.45, 2.75) is 24.9 Å². The summed E-state index contributed by atoms with van der Waals surface area (Å²) in [6, 6.07) is -0.894. The third-order valence-electron chi connectivity index (χ3n) is 2.27. The first-order chi connectivity index (χ1) is 10.9. The van der Waals surface area contributed by atoms with Crippen molar-refractivity contribution < 1.29 is 27.5 Å². The second-order valence-corrected chi connectivity index (χ2v) is 6.00. The number of thioether (sulfide) groups is 2. The first-order valence-electron chi connectivity index (χ1n) is 6.42. The highest BCUT2D eigenvalue weighted by atomic mass is 32.2. The van der Waals surface area contributed by atoms with Crippen LogP contribution in [-0.4, -0.2) is 70.7 Å². The van der Waals surface area contributed by atoms with Gasteiger partial charge in [-0.1, -0.05) is 0 Å². The van der Waals surface area contributed by atoms with E-state index in [0.717, 1.165) is 11.5 Å². The van der Waals surface area contributed by atoms with Crippen molar-refractivity contribution in [3.63, 3.8) is 0 Å². The molecular formula is C12H26N2O6S3. The lowest BCUT2D eigenvalue weighted by atomic mass is 10.2. The van der Waals surface area contributed by atoms with Gasteiger partial charge in [0.25, 0.3) is 0 Å². The summed E-state index contributed by atoms with van der Waals surface area (Å²) in [7, 11) is 2.70. The number of rotatable bonds is 8. The Kier molecular flexibility index (Phi) is 25.3. The molecule has 2 atom stereocenters. The van der Waals surface area contributed by atoms with Crippen LogP contribution in [-0.2, 0) is 30.6 Å². The molecular weight excluding hydrogens is 364 g/mol. The van der Waals surface area contributed by atoms with E-state index in [1.807, 2.05) is 12.5 Å². The SMILES string of the molecule is COC(=O)[C@@H](N)CCSC.COC(=O)[C@@H](N)CCSC.O=S=O. The Morgan fingerprint density at radius 1 is 0.870 bits per heavy atom. The number of hydrogen-bond donors (Lipinski definition) is 2. The number of carbonyl (C=O) groups excluding carboxylic acids is 2. The minimum absolute atomic E-state index is 0.325. The fourth-order valence-electron chi connectivity index (χ4n) is 1.03. The van der Waals surface area contributed by atoms with Crippen molar-refractivity contribution in [2.24, 2.45) is 11.5 Å². The van der Waals surface area contributed by atoms with Gasteiger partial charge in [0.2, 0.25) is 0 Å².